The number of carbonyl (C=O) groups is 2. The second-order valence-corrected chi connectivity index (χ2v) is 6.79. The first-order valence-corrected chi connectivity index (χ1v) is 7.65. The van der Waals surface area contributed by atoms with Gasteiger partial charge in [-0.1, -0.05) is 29.3 Å². The van der Waals surface area contributed by atoms with Gasteiger partial charge in [0.1, 0.15) is 0 Å². The van der Waals surface area contributed by atoms with Crippen LogP contribution >= 0.6 is 23.2 Å². The average molecular weight is 328 g/mol. The zero-order valence-electron chi connectivity index (χ0n) is 11.2. The summed E-state index contributed by atoms with van der Waals surface area (Å²) in [6.07, 6.45) is 2.08. The van der Waals surface area contributed by atoms with Crippen LogP contribution in [0.1, 0.15) is 37.2 Å². The fraction of sp³-hybridized carbons (Fsp3) is 0.467. The first-order valence-electron chi connectivity index (χ1n) is 6.89. The largest absolute Gasteiger partial charge is 0.481 e. The predicted octanol–water partition coefficient (Wildman–Crippen LogP) is 3.22. The molecule has 1 amide bonds. The highest BCUT2D eigenvalue weighted by Crippen LogP contribution is 2.49. The lowest BCUT2D eigenvalue weighted by Gasteiger charge is -2.10. The Morgan fingerprint density at radius 1 is 1.33 bits per heavy atom. The number of hydrogen-bond acceptors (Lipinski definition) is 2. The van der Waals surface area contributed by atoms with Crippen molar-refractivity contribution in [2.75, 3.05) is 0 Å². The Hall–Kier alpha value is -1.26. The van der Waals surface area contributed by atoms with Gasteiger partial charge in [0.25, 0.3) is 0 Å². The number of halogens is 2. The first kappa shape index (κ1) is 14.7. The molecule has 6 heteroatoms. The van der Waals surface area contributed by atoms with Crippen molar-refractivity contribution in [2.45, 2.75) is 37.6 Å². The summed E-state index contributed by atoms with van der Waals surface area (Å²) in [5.74, 6) is -0.864. The average Bonchev–Trinajstić information content (AvgIpc) is 3.27. The number of carboxylic acid groups (broad SMARTS) is 1. The van der Waals surface area contributed by atoms with E-state index in [0.29, 0.717) is 22.9 Å². The lowest BCUT2D eigenvalue weighted by molar-refractivity contribution is -0.145. The summed E-state index contributed by atoms with van der Waals surface area (Å²) in [5, 5.41) is 13.2. The van der Waals surface area contributed by atoms with Gasteiger partial charge in [-0.15, -0.1) is 0 Å². The third kappa shape index (κ3) is 3.01. The minimum absolute atomic E-state index is 0.0424. The van der Waals surface area contributed by atoms with Crippen molar-refractivity contribution in [3.05, 3.63) is 33.8 Å². The zero-order valence-corrected chi connectivity index (χ0v) is 12.7. The van der Waals surface area contributed by atoms with Gasteiger partial charge in [0.15, 0.2) is 0 Å². The molecule has 21 heavy (non-hydrogen) atoms. The third-order valence-corrected chi connectivity index (χ3v) is 4.87. The second-order valence-electron chi connectivity index (χ2n) is 5.94. The maximum Gasteiger partial charge on any atom is 0.310 e. The first-order chi connectivity index (χ1) is 9.91. The van der Waals surface area contributed by atoms with Crippen LogP contribution in [-0.4, -0.2) is 23.0 Å². The fourth-order valence-electron chi connectivity index (χ4n) is 2.68. The summed E-state index contributed by atoms with van der Waals surface area (Å²) in [4.78, 5) is 23.0. The van der Waals surface area contributed by atoms with Crippen LogP contribution in [-0.2, 0) is 9.59 Å². The summed E-state index contributed by atoms with van der Waals surface area (Å²) in [6.45, 7) is 0. The Labute approximate surface area is 132 Å². The molecule has 2 aliphatic carbocycles. The Morgan fingerprint density at radius 2 is 2.05 bits per heavy atom. The molecular weight excluding hydrogens is 313 g/mol. The molecule has 2 saturated carbocycles. The predicted molar refractivity (Wildman–Crippen MR) is 79.7 cm³/mol. The van der Waals surface area contributed by atoms with Gasteiger partial charge in [-0.2, -0.15) is 0 Å². The molecule has 2 aliphatic rings. The van der Waals surface area contributed by atoms with Crippen molar-refractivity contribution in [3.8, 4) is 0 Å². The van der Waals surface area contributed by atoms with E-state index in [-0.39, 0.29) is 24.3 Å². The van der Waals surface area contributed by atoms with Gasteiger partial charge >= 0.3 is 5.97 Å². The molecule has 2 N–H and O–H groups in total. The number of carboxylic acids is 1. The van der Waals surface area contributed by atoms with Crippen LogP contribution in [0.3, 0.4) is 0 Å². The van der Waals surface area contributed by atoms with E-state index in [9.17, 15) is 9.59 Å². The van der Waals surface area contributed by atoms with E-state index in [1.807, 2.05) is 6.07 Å². The highest BCUT2D eigenvalue weighted by molar-refractivity contribution is 6.35. The molecule has 0 aliphatic heterocycles. The molecule has 0 radical (unpaired) electrons. The van der Waals surface area contributed by atoms with Crippen LogP contribution in [0, 0.1) is 5.41 Å². The molecule has 2 fully saturated rings. The van der Waals surface area contributed by atoms with E-state index in [0.717, 1.165) is 12.0 Å². The standard InChI is InChI=1S/C15H15Cl2NO3/c16-8-1-2-9(11(17)5-8)10-6-12(10)18-13(19)7-15(3-4-15)14(20)21/h1-2,5,10,12H,3-4,6-7H2,(H,18,19)(H,20,21)/t10-,12+/m0/s1. The highest BCUT2D eigenvalue weighted by Gasteiger charge is 2.52. The molecule has 4 nitrogen and oxygen atoms in total. The van der Waals surface area contributed by atoms with Gasteiger partial charge in [-0.05, 0) is 37.0 Å². The summed E-state index contributed by atoms with van der Waals surface area (Å²) in [5.41, 5.74) is 0.164. The maximum absolute atomic E-state index is 11.9. The summed E-state index contributed by atoms with van der Waals surface area (Å²) in [7, 11) is 0. The molecule has 0 spiro atoms. The number of carbonyl (C=O) groups excluding carboxylic acids is 1. The van der Waals surface area contributed by atoms with Gasteiger partial charge in [0.2, 0.25) is 5.91 Å². The molecule has 2 atom stereocenters. The number of aliphatic carboxylic acids is 1. The molecule has 112 valence electrons. The minimum atomic E-state index is -0.870. The van der Waals surface area contributed by atoms with Gasteiger partial charge in [-0.3, -0.25) is 9.59 Å². The van der Waals surface area contributed by atoms with Crippen LogP contribution in [0.5, 0.6) is 0 Å². The quantitative estimate of drug-likeness (QED) is 0.872. The van der Waals surface area contributed by atoms with E-state index in [1.165, 1.54) is 0 Å². The molecule has 1 aromatic rings. The van der Waals surface area contributed by atoms with Crippen molar-refractivity contribution in [1.82, 2.24) is 5.32 Å². The normalized spacial score (nSPS) is 25.2. The third-order valence-electron chi connectivity index (χ3n) is 4.30. The molecule has 0 bridgehead atoms. The molecule has 0 saturated heterocycles. The fourth-order valence-corrected chi connectivity index (χ4v) is 3.23. The summed E-state index contributed by atoms with van der Waals surface area (Å²) in [6, 6.07) is 5.39. The van der Waals surface area contributed by atoms with E-state index in [1.54, 1.807) is 12.1 Å². The Morgan fingerprint density at radius 3 is 2.62 bits per heavy atom. The number of benzene rings is 1. The van der Waals surface area contributed by atoms with Gasteiger partial charge in [-0.25, -0.2) is 0 Å². The van der Waals surface area contributed by atoms with Crippen LogP contribution < -0.4 is 5.32 Å². The second kappa shape index (κ2) is 5.18. The van der Waals surface area contributed by atoms with E-state index in [4.69, 9.17) is 28.3 Å². The Balaban J connectivity index is 1.56. The minimum Gasteiger partial charge on any atom is -0.481 e. The number of amides is 1. The van der Waals surface area contributed by atoms with Crippen LogP contribution in [0.15, 0.2) is 18.2 Å². The molecular formula is C15H15Cl2NO3. The maximum atomic E-state index is 11.9. The van der Waals surface area contributed by atoms with E-state index in [2.05, 4.69) is 5.32 Å². The van der Waals surface area contributed by atoms with Crippen molar-refractivity contribution in [2.24, 2.45) is 5.41 Å². The number of nitrogens with one attached hydrogen (secondary N) is 1. The zero-order chi connectivity index (χ0) is 15.2. The Kier molecular flexibility index (Phi) is 3.62. The molecule has 3 rings (SSSR count). The van der Waals surface area contributed by atoms with Gasteiger partial charge in [0, 0.05) is 28.4 Å². The SMILES string of the molecule is O=C(CC1(C(=O)O)CC1)N[C@@H]1C[C@H]1c1ccc(Cl)cc1Cl. The number of hydrogen-bond donors (Lipinski definition) is 2. The summed E-state index contributed by atoms with van der Waals surface area (Å²) >= 11 is 12.0. The van der Waals surface area contributed by atoms with Gasteiger partial charge < -0.3 is 10.4 Å². The lowest BCUT2D eigenvalue weighted by atomic mass is 10.0. The molecule has 0 unspecified atom stereocenters. The molecule has 0 heterocycles. The van der Waals surface area contributed by atoms with Crippen molar-refractivity contribution < 1.29 is 14.7 Å². The monoisotopic (exact) mass is 327 g/mol. The molecule has 0 aromatic heterocycles. The van der Waals surface area contributed by atoms with Crippen molar-refractivity contribution in [1.29, 1.82) is 0 Å². The number of rotatable bonds is 5. The Bertz CT molecular complexity index is 613. The highest BCUT2D eigenvalue weighted by atomic mass is 35.5. The van der Waals surface area contributed by atoms with Gasteiger partial charge in [0.05, 0.1) is 5.41 Å². The summed E-state index contributed by atoms with van der Waals surface area (Å²) < 4.78 is 0. The van der Waals surface area contributed by atoms with E-state index >= 15 is 0 Å². The topological polar surface area (TPSA) is 66.4 Å². The van der Waals surface area contributed by atoms with Crippen LogP contribution in [0.25, 0.3) is 0 Å². The van der Waals surface area contributed by atoms with Crippen LogP contribution in [0.4, 0.5) is 0 Å². The van der Waals surface area contributed by atoms with E-state index < -0.39 is 11.4 Å². The smallest absolute Gasteiger partial charge is 0.310 e. The lowest BCUT2D eigenvalue weighted by Crippen LogP contribution is -2.31. The van der Waals surface area contributed by atoms with Crippen LogP contribution in [0.2, 0.25) is 10.0 Å². The van der Waals surface area contributed by atoms with Crippen molar-refractivity contribution >= 4 is 35.1 Å². The van der Waals surface area contributed by atoms with Crippen molar-refractivity contribution in [3.63, 3.8) is 0 Å². The molecule has 1 aromatic carbocycles.